The van der Waals surface area contributed by atoms with E-state index in [0.29, 0.717) is 5.82 Å². The lowest BCUT2D eigenvalue weighted by molar-refractivity contribution is 0.119. The minimum atomic E-state index is 0.128. The van der Waals surface area contributed by atoms with Crippen LogP contribution in [-0.4, -0.2) is 50.9 Å². The van der Waals surface area contributed by atoms with Crippen molar-refractivity contribution in [2.45, 2.75) is 39.3 Å². The molecule has 28 heavy (non-hydrogen) atoms. The number of rotatable bonds is 4. The fourth-order valence-corrected chi connectivity index (χ4v) is 4.38. The second kappa shape index (κ2) is 7.73. The molecule has 1 aliphatic rings. The van der Waals surface area contributed by atoms with E-state index in [4.69, 9.17) is 10.7 Å². The zero-order valence-corrected chi connectivity index (χ0v) is 17.7. The first kappa shape index (κ1) is 19.2. The molecule has 2 aromatic heterocycles. The van der Waals surface area contributed by atoms with Crippen molar-refractivity contribution >= 4 is 28.1 Å². The van der Waals surface area contributed by atoms with Crippen molar-refractivity contribution in [3.63, 3.8) is 0 Å². The molecule has 6 nitrogen and oxygen atoms in total. The van der Waals surface area contributed by atoms with Crippen LogP contribution >= 0.6 is 11.3 Å². The molecule has 1 aromatic carbocycles. The van der Waals surface area contributed by atoms with Crippen molar-refractivity contribution in [2.75, 3.05) is 31.9 Å². The predicted molar refractivity (Wildman–Crippen MR) is 115 cm³/mol. The van der Waals surface area contributed by atoms with Crippen LogP contribution in [0.1, 0.15) is 37.3 Å². The summed E-state index contributed by atoms with van der Waals surface area (Å²) in [6.45, 7) is 12.4. The first-order valence-electron chi connectivity index (χ1n) is 9.79. The van der Waals surface area contributed by atoms with Crippen LogP contribution < -0.4 is 5.73 Å². The van der Waals surface area contributed by atoms with Gasteiger partial charge in [0.1, 0.15) is 11.6 Å². The number of thiazole rings is 1. The quantitative estimate of drug-likeness (QED) is 0.730. The zero-order valence-electron chi connectivity index (χ0n) is 16.9. The molecule has 0 unspecified atom stereocenters. The monoisotopic (exact) mass is 396 g/mol. The van der Waals surface area contributed by atoms with Gasteiger partial charge in [-0.1, -0.05) is 32.9 Å². The number of para-hydroxylation sites is 1. The van der Waals surface area contributed by atoms with Gasteiger partial charge in [-0.15, -0.1) is 11.3 Å². The van der Waals surface area contributed by atoms with Crippen LogP contribution in [-0.2, 0) is 18.5 Å². The minimum Gasteiger partial charge on any atom is -0.383 e. The Hall–Kier alpha value is -2.09. The molecule has 1 aliphatic heterocycles. The Balaban J connectivity index is 1.34. The second-order valence-electron chi connectivity index (χ2n) is 8.49. The van der Waals surface area contributed by atoms with Crippen molar-refractivity contribution in [3.05, 3.63) is 46.2 Å². The lowest BCUT2D eigenvalue weighted by atomic mass is 9.98. The lowest BCUT2D eigenvalue weighted by Gasteiger charge is -2.33. The van der Waals surface area contributed by atoms with Gasteiger partial charge < -0.3 is 5.73 Å². The van der Waals surface area contributed by atoms with Crippen molar-refractivity contribution in [1.82, 2.24) is 24.8 Å². The molecule has 0 bridgehead atoms. The molecule has 0 amide bonds. The van der Waals surface area contributed by atoms with E-state index in [1.807, 2.05) is 24.3 Å². The fourth-order valence-electron chi connectivity index (χ4n) is 3.48. The van der Waals surface area contributed by atoms with Gasteiger partial charge in [-0.05, 0) is 12.1 Å². The van der Waals surface area contributed by atoms with Gasteiger partial charge in [-0.25, -0.2) is 15.0 Å². The number of aromatic nitrogens is 3. The van der Waals surface area contributed by atoms with E-state index >= 15 is 0 Å². The van der Waals surface area contributed by atoms with Crippen LogP contribution in [0.4, 0.5) is 5.82 Å². The standard InChI is InChI=1S/C21H28N6S/c1-21(2,3)20-23-15(14-28-20)12-26-8-10-27(11-9-26)13-18-24-17-7-5-4-6-16(17)19(22)25-18/h4-7,14H,8-13H2,1-3H3,(H2,22,24,25). The van der Waals surface area contributed by atoms with Gasteiger partial charge in [0.25, 0.3) is 0 Å². The summed E-state index contributed by atoms with van der Waals surface area (Å²) < 4.78 is 0. The molecule has 4 rings (SSSR count). The molecule has 0 spiro atoms. The topological polar surface area (TPSA) is 71.2 Å². The number of benzene rings is 1. The molecule has 148 valence electrons. The smallest absolute Gasteiger partial charge is 0.145 e. The molecule has 3 heterocycles. The largest absolute Gasteiger partial charge is 0.383 e. The molecular weight excluding hydrogens is 368 g/mol. The van der Waals surface area contributed by atoms with E-state index in [1.54, 1.807) is 11.3 Å². The van der Waals surface area contributed by atoms with E-state index < -0.39 is 0 Å². The van der Waals surface area contributed by atoms with Crippen LogP contribution in [0.5, 0.6) is 0 Å². The summed E-state index contributed by atoms with van der Waals surface area (Å²) in [5.74, 6) is 1.37. The highest BCUT2D eigenvalue weighted by Crippen LogP contribution is 2.26. The molecule has 0 aliphatic carbocycles. The molecule has 0 atom stereocenters. The second-order valence-corrected chi connectivity index (χ2v) is 9.35. The van der Waals surface area contributed by atoms with Crippen molar-refractivity contribution in [3.8, 4) is 0 Å². The highest BCUT2D eigenvalue weighted by molar-refractivity contribution is 7.09. The molecule has 1 saturated heterocycles. The molecule has 3 aromatic rings. The Morgan fingerprint density at radius 1 is 0.964 bits per heavy atom. The number of anilines is 1. The number of nitrogen functional groups attached to an aromatic ring is 1. The lowest BCUT2D eigenvalue weighted by Crippen LogP contribution is -2.45. The van der Waals surface area contributed by atoms with Gasteiger partial charge in [-0.2, -0.15) is 0 Å². The Kier molecular flexibility index (Phi) is 5.31. The average molecular weight is 397 g/mol. The maximum absolute atomic E-state index is 6.12. The summed E-state index contributed by atoms with van der Waals surface area (Å²) in [6.07, 6.45) is 0. The minimum absolute atomic E-state index is 0.128. The van der Waals surface area contributed by atoms with Crippen LogP contribution in [0.2, 0.25) is 0 Å². The van der Waals surface area contributed by atoms with E-state index in [-0.39, 0.29) is 5.41 Å². The highest BCUT2D eigenvalue weighted by atomic mass is 32.1. The number of piperazine rings is 1. The zero-order chi connectivity index (χ0) is 19.7. The first-order chi connectivity index (χ1) is 13.4. The number of nitrogens with zero attached hydrogens (tertiary/aromatic N) is 5. The van der Waals surface area contributed by atoms with E-state index in [2.05, 4.69) is 45.9 Å². The maximum Gasteiger partial charge on any atom is 0.145 e. The fraction of sp³-hybridized carbons (Fsp3) is 0.476. The Bertz CT molecular complexity index is 953. The number of hydrogen-bond acceptors (Lipinski definition) is 7. The third-order valence-corrected chi connectivity index (χ3v) is 6.40. The SMILES string of the molecule is CC(C)(C)c1nc(CN2CCN(Cc3nc(N)c4ccccc4n3)CC2)cs1. The maximum atomic E-state index is 6.12. The molecule has 0 radical (unpaired) electrons. The third kappa shape index (κ3) is 4.32. The van der Waals surface area contributed by atoms with Gasteiger partial charge in [-0.3, -0.25) is 9.80 Å². The Labute approximate surface area is 170 Å². The van der Waals surface area contributed by atoms with Gasteiger partial charge in [0.15, 0.2) is 0 Å². The summed E-state index contributed by atoms with van der Waals surface area (Å²) in [7, 11) is 0. The number of fused-ring (bicyclic) bond motifs is 1. The van der Waals surface area contributed by atoms with Crippen molar-refractivity contribution < 1.29 is 0 Å². The van der Waals surface area contributed by atoms with E-state index in [9.17, 15) is 0 Å². The summed E-state index contributed by atoms with van der Waals surface area (Å²) in [5.41, 5.74) is 8.35. The molecule has 2 N–H and O–H groups in total. The molecule has 0 saturated carbocycles. The Morgan fingerprint density at radius 3 is 2.32 bits per heavy atom. The average Bonchev–Trinajstić information content (AvgIpc) is 3.12. The van der Waals surface area contributed by atoms with Gasteiger partial charge in [0, 0.05) is 48.9 Å². The van der Waals surface area contributed by atoms with Crippen LogP contribution in [0.3, 0.4) is 0 Å². The number of hydrogen-bond donors (Lipinski definition) is 1. The highest BCUT2D eigenvalue weighted by Gasteiger charge is 2.21. The van der Waals surface area contributed by atoms with Crippen LogP contribution in [0.25, 0.3) is 10.9 Å². The first-order valence-corrected chi connectivity index (χ1v) is 10.7. The normalized spacial score (nSPS) is 16.7. The van der Waals surface area contributed by atoms with Crippen molar-refractivity contribution in [1.29, 1.82) is 0 Å². The van der Waals surface area contributed by atoms with Gasteiger partial charge in [0.05, 0.1) is 22.8 Å². The van der Waals surface area contributed by atoms with Crippen LogP contribution in [0, 0.1) is 0 Å². The summed E-state index contributed by atoms with van der Waals surface area (Å²) in [4.78, 5) is 18.9. The summed E-state index contributed by atoms with van der Waals surface area (Å²) in [5, 5.41) is 4.35. The van der Waals surface area contributed by atoms with Crippen molar-refractivity contribution in [2.24, 2.45) is 0 Å². The Morgan fingerprint density at radius 2 is 1.64 bits per heavy atom. The van der Waals surface area contributed by atoms with Gasteiger partial charge >= 0.3 is 0 Å². The van der Waals surface area contributed by atoms with E-state index in [0.717, 1.165) is 56.0 Å². The van der Waals surface area contributed by atoms with Crippen LogP contribution in [0.15, 0.2) is 29.6 Å². The molecule has 7 heteroatoms. The third-order valence-electron chi connectivity index (χ3n) is 5.09. The predicted octanol–water partition coefficient (Wildman–Crippen LogP) is 3.28. The molecular formula is C21H28N6S. The van der Waals surface area contributed by atoms with Gasteiger partial charge in [0.2, 0.25) is 0 Å². The van der Waals surface area contributed by atoms with E-state index in [1.165, 1.54) is 10.7 Å². The summed E-state index contributed by atoms with van der Waals surface area (Å²) >= 11 is 1.77. The number of nitrogens with two attached hydrogens (primary N) is 1. The molecule has 1 fully saturated rings. The summed E-state index contributed by atoms with van der Waals surface area (Å²) in [6, 6.07) is 7.92.